The Morgan fingerprint density at radius 1 is 0.280 bits per heavy atom. The first kappa shape index (κ1) is 71.8. The molecule has 75 heavy (non-hydrogen) atoms. The lowest BCUT2D eigenvalue weighted by Gasteiger charge is -2.18. The Morgan fingerprint density at radius 3 is 0.813 bits per heavy atom. The van der Waals surface area contributed by atoms with Gasteiger partial charge in [0.1, 0.15) is 13.2 Å². The van der Waals surface area contributed by atoms with Crippen molar-refractivity contribution in [3.05, 3.63) is 72.9 Å². The average molecular weight is 1050 g/mol. The lowest BCUT2D eigenvalue weighted by Crippen LogP contribution is -2.30. The molecule has 434 valence electrons. The predicted octanol–water partition coefficient (Wildman–Crippen LogP) is 22.1. The topological polar surface area (TPSA) is 78.9 Å². The van der Waals surface area contributed by atoms with E-state index < -0.39 is 6.10 Å². The molecule has 0 radical (unpaired) electrons. The van der Waals surface area contributed by atoms with Gasteiger partial charge < -0.3 is 14.2 Å². The number of esters is 3. The lowest BCUT2D eigenvalue weighted by atomic mass is 10.0. The van der Waals surface area contributed by atoms with Crippen LogP contribution >= 0.6 is 0 Å². The van der Waals surface area contributed by atoms with E-state index in [1.165, 1.54) is 186 Å². The number of rotatable bonds is 59. The van der Waals surface area contributed by atoms with Crippen molar-refractivity contribution in [1.29, 1.82) is 0 Å². The van der Waals surface area contributed by atoms with Crippen LogP contribution in [0.1, 0.15) is 329 Å². The third-order valence-corrected chi connectivity index (χ3v) is 14.2. The fourth-order valence-electron chi connectivity index (χ4n) is 9.39. The molecule has 0 rings (SSSR count). The van der Waals surface area contributed by atoms with Gasteiger partial charge in [-0.25, -0.2) is 0 Å². The zero-order valence-electron chi connectivity index (χ0n) is 49.8. The van der Waals surface area contributed by atoms with Crippen LogP contribution < -0.4 is 0 Å². The van der Waals surface area contributed by atoms with Gasteiger partial charge in [-0.2, -0.15) is 0 Å². The predicted molar refractivity (Wildman–Crippen MR) is 325 cm³/mol. The minimum atomic E-state index is -0.776. The average Bonchev–Trinajstić information content (AvgIpc) is 3.41. The van der Waals surface area contributed by atoms with Crippen molar-refractivity contribution in [3.8, 4) is 0 Å². The highest BCUT2D eigenvalue weighted by molar-refractivity contribution is 5.71. The minimum absolute atomic E-state index is 0.0726. The molecule has 6 nitrogen and oxygen atoms in total. The van der Waals surface area contributed by atoms with Crippen molar-refractivity contribution < 1.29 is 28.6 Å². The maximum atomic E-state index is 12.9. The SMILES string of the molecule is CC/C=C\C/C=C\C/C=C\C/C=C\C/C=C\C/C=C\CCCCCCCCCCC(=O)OCC(COC(=O)CCCCCCCCCCCCCCCC)OC(=O)CCCCCCCCCCCCCCCCCC. The Balaban J connectivity index is 4.30. The Hall–Kier alpha value is -3.15. The maximum absolute atomic E-state index is 12.9. The summed E-state index contributed by atoms with van der Waals surface area (Å²) in [5.41, 5.74) is 0. The second-order valence-electron chi connectivity index (χ2n) is 21.7. The molecule has 0 aromatic carbocycles. The first-order valence-corrected chi connectivity index (χ1v) is 32.4. The number of unbranched alkanes of at least 4 members (excludes halogenated alkanes) is 36. The number of carbonyl (C=O) groups is 3. The summed E-state index contributed by atoms with van der Waals surface area (Å²) >= 11 is 0. The van der Waals surface area contributed by atoms with E-state index in [4.69, 9.17) is 14.2 Å². The largest absolute Gasteiger partial charge is 0.462 e. The normalized spacial score (nSPS) is 12.5. The van der Waals surface area contributed by atoms with Gasteiger partial charge in [0.2, 0.25) is 0 Å². The van der Waals surface area contributed by atoms with E-state index in [0.717, 1.165) is 103 Å². The van der Waals surface area contributed by atoms with Crippen LogP contribution in [-0.2, 0) is 28.6 Å². The van der Waals surface area contributed by atoms with Gasteiger partial charge in [0.25, 0.3) is 0 Å². The molecule has 0 spiro atoms. The molecule has 0 heterocycles. The summed E-state index contributed by atoms with van der Waals surface area (Å²) in [6, 6.07) is 0. The summed E-state index contributed by atoms with van der Waals surface area (Å²) < 4.78 is 16.9. The van der Waals surface area contributed by atoms with Crippen LogP contribution in [0.15, 0.2) is 72.9 Å². The molecule has 0 fully saturated rings. The standard InChI is InChI=1S/C69H122O6/c1-4-7-10-13-16-19-22-25-28-30-31-32-33-34-35-36-37-38-39-40-42-44-47-50-53-56-59-62-68(71)74-65-66(64-73-67(70)61-58-55-52-49-46-43-27-24-21-18-15-12-9-6-3)75-69(72)63-60-57-54-51-48-45-41-29-26-23-20-17-14-11-8-5-2/h7,10,16,19,25,28,31-32,34-35,37-38,66H,4-6,8-9,11-15,17-18,20-24,26-27,29-30,33,36,39-65H2,1-3H3/b10-7-,19-16-,28-25-,32-31-,35-34-,38-37-. The molecule has 1 atom stereocenters. The maximum Gasteiger partial charge on any atom is 0.306 e. The molecule has 0 aliphatic carbocycles. The summed E-state index contributed by atoms with van der Waals surface area (Å²) in [6.07, 6.45) is 81.9. The van der Waals surface area contributed by atoms with E-state index >= 15 is 0 Å². The highest BCUT2D eigenvalue weighted by atomic mass is 16.6. The first-order chi connectivity index (χ1) is 37.0. The first-order valence-electron chi connectivity index (χ1n) is 32.4. The molecule has 0 aromatic rings. The van der Waals surface area contributed by atoms with Crippen LogP contribution in [-0.4, -0.2) is 37.2 Å². The van der Waals surface area contributed by atoms with Gasteiger partial charge in [-0.05, 0) is 70.6 Å². The fourth-order valence-corrected chi connectivity index (χ4v) is 9.39. The quantitative estimate of drug-likeness (QED) is 0.0261. The van der Waals surface area contributed by atoms with Gasteiger partial charge in [0.05, 0.1) is 0 Å². The zero-order valence-corrected chi connectivity index (χ0v) is 49.8. The third-order valence-electron chi connectivity index (χ3n) is 14.2. The molecule has 0 aromatic heterocycles. The summed E-state index contributed by atoms with van der Waals surface area (Å²) in [5, 5.41) is 0. The van der Waals surface area contributed by atoms with Crippen LogP contribution in [0.4, 0.5) is 0 Å². The smallest absolute Gasteiger partial charge is 0.306 e. The van der Waals surface area contributed by atoms with Gasteiger partial charge in [0.15, 0.2) is 6.10 Å². The monoisotopic (exact) mass is 1050 g/mol. The minimum Gasteiger partial charge on any atom is -0.462 e. The molecular formula is C69H122O6. The van der Waals surface area contributed by atoms with E-state index in [1.54, 1.807) is 0 Å². The number of hydrogen-bond donors (Lipinski definition) is 0. The second-order valence-corrected chi connectivity index (χ2v) is 21.7. The molecule has 0 bridgehead atoms. The molecule has 1 unspecified atom stereocenters. The van der Waals surface area contributed by atoms with Crippen molar-refractivity contribution in [1.82, 2.24) is 0 Å². The van der Waals surface area contributed by atoms with E-state index in [0.29, 0.717) is 19.3 Å². The molecule has 0 amide bonds. The van der Waals surface area contributed by atoms with E-state index in [9.17, 15) is 14.4 Å². The zero-order chi connectivity index (χ0) is 54.3. The highest BCUT2D eigenvalue weighted by Gasteiger charge is 2.19. The fraction of sp³-hybridized carbons (Fsp3) is 0.783. The van der Waals surface area contributed by atoms with Gasteiger partial charge in [-0.15, -0.1) is 0 Å². The van der Waals surface area contributed by atoms with Crippen molar-refractivity contribution in [2.75, 3.05) is 13.2 Å². The van der Waals surface area contributed by atoms with Gasteiger partial charge in [-0.3, -0.25) is 14.4 Å². The van der Waals surface area contributed by atoms with Crippen molar-refractivity contribution in [3.63, 3.8) is 0 Å². The van der Waals surface area contributed by atoms with Crippen LogP contribution in [0.5, 0.6) is 0 Å². The van der Waals surface area contributed by atoms with Gasteiger partial charge >= 0.3 is 17.9 Å². The summed E-state index contributed by atoms with van der Waals surface area (Å²) in [6.45, 7) is 6.57. The van der Waals surface area contributed by atoms with E-state index in [2.05, 4.69) is 93.7 Å². The third kappa shape index (κ3) is 61.6. The Morgan fingerprint density at radius 2 is 0.520 bits per heavy atom. The molecule has 0 N–H and O–H groups in total. The molecule has 6 heteroatoms. The van der Waals surface area contributed by atoms with E-state index in [-0.39, 0.29) is 31.1 Å². The number of carbonyl (C=O) groups excluding carboxylic acids is 3. The van der Waals surface area contributed by atoms with Crippen molar-refractivity contribution in [2.45, 2.75) is 335 Å². The van der Waals surface area contributed by atoms with Gasteiger partial charge in [-0.1, -0.05) is 312 Å². The number of hydrogen-bond acceptors (Lipinski definition) is 6. The summed E-state index contributed by atoms with van der Waals surface area (Å²) in [7, 11) is 0. The van der Waals surface area contributed by atoms with Gasteiger partial charge in [0, 0.05) is 19.3 Å². The Kier molecular flexibility index (Phi) is 60.7. The summed E-state index contributed by atoms with van der Waals surface area (Å²) in [5.74, 6) is -0.862. The molecule has 0 aliphatic heterocycles. The molecule has 0 aliphatic rings. The van der Waals surface area contributed by atoms with Crippen LogP contribution in [0.2, 0.25) is 0 Å². The van der Waals surface area contributed by atoms with E-state index in [1.807, 2.05) is 0 Å². The molecule has 0 saturated carbocycles. The Labute approximate surface area is 465 Å². The molecule has 0 saturated heterocycles. The van der Waals surface area contributed by atoms with Crippen LogP contribution in [0, 0.1) is 0 Å². The lowest BCUT2D eigenvalue weighted by molar-refractivity contribution is -0.167. The highest BCUT2D eigenvalue weighted by Crippen LogP contribution is 2.17. The summed E-state index contributed by atoms with van der Waals surface area (Å²) in [4.78, 5) is 38.3. The number of ether oxygens (including phenoxy) is 3. The van der Waals surface area contributed by atoms with Crippen molar-refractivity contribution >= 4 is 17.9 Å². The molecular weight excluding hydrogens is 925 g/mol. The van der Waals surface area contributed by atoms with Crippen LogP contribution in [0.3, 0.4) is 0 Å². The van der Waals surface area contributed by atoms with Crippen molar-refractivity contribution in [2.24, 2.45) is 0 Å². The Bertz CT molecular complexity index is 1390. The van der Waals surface area contributed by atoms with Crippen LogP contribution in [0.25, 0.3) is 0 Å². The number of allylic oxidation sites excluding steroid dienone is 12. The second kappa shape index (κ2) is 63.4.